The molecule has 1 aromatic carbocycles. The molecule has 1 heterocycles. The summed E-state index contributed by atoms with van der Waals surface area (Å²) in [6.07, 6.45) is 0.664. The highest BCUT2D eigenvalue weighted by molar-refractivity contribution is 9.10. The van der Waals surface area contributed by atoms with E-state index >= 15 is 0 Å². The molecule has 0 saturated carbocycles. The molecule has 18 heavy (non-hydrogen) atoms. The molecule has 0 aromatic heterocycles. The first kappa shape index (κ1) is 13.6. The first-order chi connectivity index (χ1) is 8.60. The third-order valence-electron chi connectivity index (χ3n) is 3.39. The van der Waals surface area contributed by atoms with Crippen molar-refractivity contribution in [2.75, 3.05) is 20.2 Å². The summed E-state index contributed by atoms with van der Waals surface area (Å²) < 4.78 is 6.43. The van der Waals surface area contributed by atoms with Gasteiger partial charge in [-0.15, -0.1) is 0 Å². The van der Waals surface area contributed by atoms with E-state index in [1.165, 1.54) is 0 Å². The van der Waals surface area contributed by atoms with Gasteiger partial charge in [0.2, 0.25) is 0 Å². The fraction of sp³-hybridized carbons (Fsp3) is 0.500. The molecule has 0 bridgehead atoms. The number of methoxy groups -OCH3 is 1. The topological polar surface area (TPSA) is 29.5 Å². The fourth-order valence-electron chi connectivity index (χ4n) is 2.35. The standard InChI is InChI=1S/C14H18BrNO2/c1-10-8-16(6-5-13(10)17)9-11-7-12(15)3-4-14(11)18-2/h3-4,7,10H,5-6,8-9H2,1-2H3. The van der Waals surface area contributed by atoms with Gasteiger partial charge in [-0.25, -0.2) is 0 Å². The van der Waals surface area contributed by atoms with Crippen LogP contribution in [0.4, 0.5) is 0 Å². The van der Waals surface area contributed by atoms with E-state index in [2.05, 4.69) is 26.9 Å². The van der Waals surface area contributed by atoms with Crippen LogP contribution in [-0.4, -0.2) is 30.9 Å². The second-order valence-corrected chi connectivity index (χ2v) is 5.72. The highest BCUT2D eigenvalue weighted by atomic mass is 79.9. The third kappa shape index (κ3) is 3.12. The lowest BCUT2D eigenvalue weighted by Crippen LogP contribution is -2.39. The summed E-state index contributed by atoms with van der Waals surface area (Å²) in [6, 6.07) is 6.03. The van der Waals surface area contributed by atoms with Crippen molar-refractivity contribution in [3.63, 3.8) is 0 Å². The molecule has 0 radical (unpaired) electrons. The Morgan fingerprint density at radius 3 is 2.94 bits per heavy atom. The molecule has 0 amide bonds. The van der Waals surface area contributed by atoms with Crippen molar-refractivity contribution in [1.82, 2.24) is 4.90 Å². The molecular formula is C14H18BrNO2. The van der Waals surface area contributed by atoms with E-state index in [1.807, 2.05) is 19.1 Å². The van der Waals surface area contributed by atoms with E-state index in [9.17, 15) is 4.79 Å². The van der Waals surface area contributed by atoms with Crippen molar-refractivity contribution in [1.29, 1.82) is 0 Å². The predicted octanol–water partition coefficient (Wildman–Crippen LogP) is 2.87. The van der Waals surface area contributed by atoms with Crippen molar-refractivity contribution >= 4 is 21.7 Å². The zero-order chi connectivity index (χ0) is 13.1. The number of halogens is 1. The lowest BCUT2D eigenvalue weighted by atomic mass is 9.98. The molecule has 1 fully saturated rings. The van der Waals surface area contributed by atoms with Gasteiger partial charge >= 0.3 is 0 Å². The second-order valence-electron chi connectivity index (χ2n) is 4.81. The Morgan fingerprint density at radius 1 is 1.50 bits per heavy atom. The number of nitrogens with zero attached hydrogens (tertiary/aromatic N) is 1. The average Bonchev–Trinajstić information content (AvgIpc) is 2.34. The number of hydrogen-bond donors (Lipinski definition) is 0. The monoisotopic (exact) mass is 311 g/mol. The maximum atomic E-state index is 11.5. The van der Waals surface area contributed by atoms with Crippen molar-refractivity contribution in [3.8, 4) is 5.75 Å². The molecule has 0 N–H and O–H groups in total. The van der Waals surface area contributed by atoms with Crippen LogP contribution in [0.15, 0.2) is 22.7 Å². The van der Waals surface area contributed by atoms with E-state index < -0.39 is 0 Å². The Hall–Kier alpha value is -0.870. The Labute approximate surface area is 116 Å². The van der Waals surface area contributed by atoms with E-state index in [1.54, 1.807) is 7.11 Å². The molecule has 1 aliphatic heterocycles. The lowest BCUT2D eigenvalue weighted by Gasteiger charge is -2.30. The number of likely N-dealkylation sites (tertiary alicyclic amines) is 1. The van der Waals surface area contributed by atoms with Crippen LogP contribution >= 0.6 is 15.9 Å². The lowest BCUT2D eigenvalue weighted by molar-refractivity contribution is -0.125. The number of carbonyl (C=O) groups excluding carboxylic acids is 1. The molecule has 2 rings (SSSR count). The summed E-state index contributed by atoms with van der Waals surface area (Å²) in [5.41, 5.74) is 1.16. The van der Waals surface area contributed by atoms with E-state index in [-0.39, 0.29) is 5.92 Å². The van der Waals surface area contributed by atoms with Gasteiger partial charge in [0, 0.05) is 42.0 Å². The third-order valence-corrected chi connectivity index (χ3v) is 3.89. The van der Waals surface area contributed by atoms with Crippen LogP contribution in [0.3, 0.4) is 0 Å². The van der Waals surface area contributed by atoms with E-state index in [4.69, 9.17) is 4.74 Å². The summed E-state index contributed by atoms with van der Waals surface area (Å²) in [5.74, 6) is 1.44. The average molecular weight is 312 g/mol. The van der Waals surface area contributed by atoms with Crippen LogP contribution in [-0.2, 0) is 11.3 Å². The zero-order valence-corrected chi connectivity index (χ0v) is 12.4. The van der Waals surface area contributed by atoms with Crippen molar-refractivity contribution in [2.45, 2.75) is 19.9 Å². The highest BCUT2D eigenvalue weighted by Crippen LogP contribution is 2.25. The molecule has 1 aliphatic rings. The van der Waals surface area contributed by atoms with Crippen LogP contribution in [0.5, 0.6) is 5.75 Å². The maximum Gasteiger partial charge on any atom is 0.138 e. The summed E-state index contributed by atoms with van der Waals surface area (Å²) in [6.45, 7) is 4.53. The fourth-order valence-corrected chi connectivity index (χ4v) is 2.76. The number of Topliss-reactive ketones (excluding diaryl/α,β-unsaturated/α-hetero) is 1. The van der Waals surface area contributed by atoms with E-state index in [0.29, 0.717) is 12.2 Å². The molecule has 0 aliphatic carbocycles. The Kier molecular flexibility index (Phi) is 4.40. The van der Waals surface area contributed by atoms with Gasteiger partial charge in [0.1, 0.15) is 11.5 Å². The molecule has 1 atom stereocenters. The first-order valence-electron chi connectivity index (χ1n) is 6.17. The summed E-state index contributed by atoms with van der Waals surface area (Å²) in [7, 11) is 1.69. The molecule has 1 saturated heterocycles. The van der Waals surface area contributed by atoms with Crippen LogP contribution in [0.25, 0.3) is 0 Å². The number of rotatable bonds is 3. The van der Waals surface area contributed by atoms with Crippen LogP contribution < -0.4 is 4.74 Å². The number of ketones is 1. The van der Waals surface area contributed by atoms with Gasteiger partial charge < -0.3 is 4.74 Å². The van der Waals surface area contributed by atoms with Crippen LogP contribution in [0.2, 0.25) is 0 Å². The SMILES string of the molecule is COc1ccc(Br)cc1CN1CCC(=O)C(C)C1. The minimum atomic E-state index is 0.150. The van der Waals surface area contributed by atoms with Crippen LogP contribution in [0.1, 0.15) is 18.9 Å². The Morgan fingerprint density at radius 2 is 2.28 bits per heavy atom. The van der Waals surface area contributed by atoms with Gasteiger partial charge in [-0.3, -0.25) is 9.69 Å². The molecule has 1 aromatic rings. The van der Waals surface area contributed by atoms with Gasteiger partial charge in [-0.2, -0.15) is 0 Å². The molecule has 1 unspecified atom stereocenters. The van der Waals surface area contributed by atoms with Gasteiger partial charge in [0.15, 0.2) is 0 Å². The second kappa shape index (κ2) is 5.85. The van der Waals surface area contributed by atoms with Crippen molar-refractivity contribution in [3.05, 3.63) is 28.2 Å². The Balaban J connectivity index is 2.09. The largest absolute Gasteiger partial charge is 0.496 e. The van der Waals surface area contributed by atoms with E-state index in [0.717, 1.165) is 35.4 Å². The highest BCUT2D eigenvalue weighted by Gasteiger charge is 2.23. The van der Waals surface area contributed by atoms with Crippen molar-refractivity contribution < 1.29 is 9.53 Å². The number of ether oxygens (including phenoxy) is 1. The summed E-state index contributed by atoms with van der Waals surface area (Å²) >= 11 is 3.48. The zero-order valence-electron chi connectivity index (χ0n) is 10.8. The molecule has 98 valence electrons. The summed E-state index contributed by atoms with van der Waals surface area (Å²) in [5, 5.41) is 0. The van der Waals surface area contributed by atoms with Crippen LogP contribution in [0, 0.1) is 5.92 Å². The number of benzene rings is 1. The molecule has 0 spiro atoms. The molecule has 3 nitrogen and oxygen atoms in total. The smallest absolute Gasteiger partial charge is 0.138 e. The maximum absolute atomic E-state index is 11.5. The summed E-state index contributed by atoms with van der Waals surface area (Å²) in [4.78, 5) is 13.8. The normalized spacial score (nSPS) is 21.1. The Bertz CT molecular complexity index is 447. The first-order valence-corrected chi connectivity index (χ1v) is 6.97. The number of piperidine rings is 1. The van der Waals surface area contributed by atoms with Crippen molar-refractivity contribution in [2.24, 2.45) is 5.92 Å². The minimum Gasteiger partial charge on any atom is -0.496 e. The molecular weight excluding hydrogens is 294 g/mol. The number of carbonyl (C=O) groups is 1. The molecule has 4 heteroatoms. The van der Waals surface area contributed by atoms with Gasteiger partial charge in [-0.05, 0) is 18.2 Å². The van der Waals surface area contributed by atoms with Gasteiger partial charge in [-0.1, -0.05) is 22.9 Å². The van der Waals surface area contributed by atoms with Gasteiger partial charge in [0.25, 0.3) is 0 Å². The number of hydrogen-bond acceptors (Lipinski definition) is 3. The quantitative estimate of drug-likeness (QED) is 0.859. The predicted molar refractivity (Wildman–Crippen MR) is 74.8 cm³/mol. The van der Waals surface area contributed by atoms with Gasteiger partial charge in [0.05, 0.1) is 7.11 Å². The minimum absolute atomic E-state index is 0.150.